The molecule has 0 aliphatic carbocycles. The van der Waals surface area contributed by atoms with Gasteiger partial charge in [0.05, 0.1) is 29.7 Å². The summed E-state index contributed by atoms with van der Waals surface area (Å²) in [5.41, 5.74) is -1.81. The van der Waals surface area contributed by atoms with Gasteiger partial charge >= 0.3 is 5.97 Å². The maximum atomic E-state index is 12.2. The van der Waals surface area contributed by atoms with Crippen LogP contribution >= 0.6 is 27.3 Å². The Morgan fingerprint density at radius 2 is 2.17 bits per heavy atom. The quantitative estimate of drug-likeness (QED) is 0.329. The van der Waals surface area contributed by atoms with Gasteiger partial charge in [-0.3, -0.25) is 19.7 Å². The third-order valence-electron chi connectivity index (χ3n) is 2.87. The Bertz CT molecular complexity index is 856. The molecule has 0 radical (unpaired) electrons. The predicted molar refractivity (Wildman–Crippen MR) is 85.0 cm³/mol. The van der Waals surface area contributed by atoms with Crippen LogP contribution in [-0.4, -0.2) is 28.4 Å². The van der Waals surface area contributed by atoms with Crippen molar-refractivity contribution in [2.24, 2.45) is 0 Å². The molecule has 0 fully saturated rings. The van der Waals surface area contributed by atoms with Crippen molar-refractivity contribution < 1.29 is 19.2 Å². The zero-order chi connectivity index (χ0) is 17.1. The minimum absolute atomic E-state index is 0.378. The van der Waals surface area contributed by atoms with E-state index < -0.39 is 40.0 Å². The molecule has 0 bridgehead atoms. The van der Waals surface area contributed by atoms with Gasteiger partial charge in [0.25, 0.3) is 11.2 Å². The van der Waals surface area contributed by atoms with E-state index in [2.05, 4.69) is 20.7 Å². The summed E-state index contributed by atoms with van der Waals surface area (Å²) in [7, 11) is 1.05. The minimum Gasteiger partial charge on any atom is -0.465 e. The summed E-state index contributed by atoms with van der Waals surface area (Å²) in [6, 6.07) is 2.50. The number of esters is 1. The number of methoxy groups -OCH3 is 1. The van der Waals surface area contributed by atoms with Crippen LogP contribution in [0, 0.1) is 10.1 Å². The molecule has 10 heteroatoms. The van der Waals surface area contributed by atoms with Gasteiger partial charge in [0.2, 0.25) is 0 Å². The second-order valence-corrected chi connectivity index (χ2v) is 6.09. The van der Waals surface area contributed by atoms with Crippen LogP contribution < -0.4 is 5.56 Å². The number of pyridine rings is 1. The zero-order valence-corrected chi connectivity index (χ0v) is 14.0. The maximum absolute atomic E-state index is 12.2. The van der Waals surface area contributed by atoms with Gasteiger partial charge in [-0.05, 0) is 27.4 Å². The van der Waals surface area contributed by atoms with Crippen molar-refractivity contribution in [2.45, 2.75) is 6.54 Å². The van der Waals surface area contributed by atoms with Crippen molar-refractivity contribution in [2.75, 3.05) is 7.11 Å². The molecule has 2 aromatic heterocycles. The van der Waals surface area contributed by atoms with Crippen molar-refractivity contribution in [1.82, 2.24) is 4.57 Å². The average molecular weight is 401 g/mol. The summed E-state index contributed by atoms with van der Waals surface area (Å²) in [5, 5.41) is 12.6. The van der Waals surface area contributed by atoms with Gasteiger partial charge in [0.1, 0.15) is 5.56 Å². The molecular weight excluding hydrogens is 392 g/mol. The number of nitro groups is 1. The summed E-state index contributed by atoms with van der Waals surface area (Å²) < 4.78 is 5.84. The fourth-order valence-corrected chi connectivity index (χ4v) is 3.34. The van der Waals surface area contributed by atoms with Crippen LogP contribution in [0.3, 0.4) is 0 Å². The molecule has 23 heavy (non-hydrogen) atoms. The van der Waals surface area contributed by atoms with Gasteiger partial charge < -0.3 is 9.30 Å². The molecule has 2 rings (SSSR count). The SMILES string of the molecule is COC(=O)c1cc([N+](=O)[O-])cn(CC(=O)c2sccc2Br)c1=O. The lowest BCUT2D eigenvalue weighted by atomic mass is 10.2. The van der Waals surface area contributed by atoms with E-state index in [0.717, 1.165) is 23.9 Å². The summed E-state index contributed by atoms with van der Waals surface area (Å²) in [6.07, 6.45) is 0.925. The molecule has 0 aromatic carbocycles. The molecule has 0 aliphatic heterocycles. The molecule has 0 saturated heterocycles. The molecule has 2 aromatic rings. The first-order chi connectivity index (χ1) is 10.8. The van der Waals surface area contributed by atoms with E-state index in [0.29, 0.717) is 9.35 Å². The van der Waals surface area contributed by atoms with Crippen molar-refractivity contribution >= 4 is 44.7 Å². The lowest BCUT2D eigenvalue weighted by molar-refractivity contribution is -0.385. The Balaban J connectivity index is 2.49. The Hall–Kier alpha value is -2.33. The van der Waals surface area contributed by atoms with Crippen LogP contribution in [0.2, 0.25) is 0 Å². The first kappa shape index (κ1) is 17.0. The number of rotatable bonds is 5. The number of halogens is 1. The lowest BCUT2D eigenvalue weighted by Crippen LogP contribution is -2.29. The summed E-state index contributed by atoms with van der Waals surface area (Å²) in [4.78, 5) is 46.6. The predicted octanol–water partition coefficient (Wildman–Crippen LogP) is 2.25. The number of thiophene rings is 1. The summed E-state index contributed by atoms with van der Waals surface area (Å²) >= 11 is 4.38. The smallest absolute Gasteiger partial charge is 0.343 e. The third-order valence-corrected chi connectivity index (χ3v) is 4.75. The van der Waals surface area contributed by atoms with Gasteiger partial charge in [0, 0.05) is 10.5 Å². The van der Waals surface area contributed by atoms with Gasteiger partial charge in [-0.15, -0.1) is 11.3 Å². The average Bonchev–Trinajstić information content (AvgIpc) is 2.94. The van der Waals surface area contributed by atoms with E-state index in [1.54, 1.807) is 11.4 Å². The largest absolute Gasteiger partial charge is 0.465 e. The Morgan fingerprint density at radius 1 is 1.48 bits per heavy atom. The van der Waals surface area contributed by atoms with Crippen molar-refractivity contribution in [3.8, 4) is 0 Å². The first-order valence-electron chi connectivity index (χ1n) is 6.08. The topological polar surface area (TPSA) is 109 Å². The second kappa shape index (κ2) is 6.84. The van der Waals surface area contributed by atoms with Crippen LogP contribution in [0.15, 0.2) is 33.0 Å². The first-order valence-corrected chi connectivity index (χ1v) is 7.75. The molecule has 0 aliphatic rings. The van der Waals surface area contributed by atoms with Crippen LogP contribution in [-0.2, 0) is 11.3 Å². The van der Waals surface area contributed by atoms with Crippen LogP contribution in [0.25, 0.3) is 0 Å². The Labute approximate surface area is 141 Å². The second-order valence-electron chi connectivity index (χ2n) is 4.31. The number of nitrogens with zero attached hydrogens (tertiary/aromatic N) is 2. The number of hydrogen-bond donors (Lipinski definition) is 0. The van der Waals surface area contributed by atoms with Crippen molar-refractivity contribution in [3.63, 3.8) is 0 Å². The molecule has 0 atom stereocenters. The molecular formula is C13H9BrN2O6S. The number of aromatic nitrogens is 1. The van der Waals surface area contributed by atoms with E-state index in [1.165, 1.54) is 11.3 Å². The van der Waals surface area contributed by atoms with Gasteiger partial charge in [-0.25, -0.2) is 4.79 Å². The number of Topliss-reactive ketones (excluding diaryl/α,β-unsaturated/α-hetero) is 1. The molecule has 0 unspecified atom stereocenters. The molecule has 0 spiro atoms. The molecule has 2 heterocycles. The van der Waals surface area contributed by atoms with E-state index >= 15 is 0 Å². The molecule has 0 saturated carbocycles. The van der Waals surface area contributed by atoms with Crippen molar-refractivity contribution in [3.05, 3.63) is 59.1 Å². The van der Waals surface area contributed by atoms with E-state index in [1.807, 2.05) is 0 Å². The number of carbonyl (C=O) groups excluding carboxylic acids is 2. The van der Waals surface area contributed by atoms with E-state index in [9.17, 15) is 24.5 Å². The molecule has 0 N–H and O–H groups in total. The number of carbonyl (C=O) groups is 2. The Morgan fingerprint density at radius 3 is 2.70 bits per heavy atom. The minimum atomic E-state index is -1.00. The third kappa shape index (κ3) is 3.54. The van der Waals surface area contributed by atoms with Gasteiger partial charge in [0.15, 0.2) is 5.78 Å². The van der Waals surface area contributed by atoms with Crippen molar-refractivity contribution in [1.29, 1.82) is 0 Å². The van der Waals surface area contributed by atoms with Crippen LogP contribution in [0.4, 0.5) is 5.69 Å². The maximum Gasteiger partial charge on any atom is 0.343 e. The molecule has 120 valence electrons. The normalized spacial score (nSPS) is 10.3. The highest BCUT2D eigenvalue weighted by molar-refractivity contribution is 9.10. The standard InChI is InChI=1S/C13H9BrN2O6S/c1-22-13(19)8-4-7(16(20)21)5-15(12(8)18)6-10(17)11-9(14)2-3-23-11/h2-5H,6H2,1H3. The fourth-order valence-electron chi connectivity index (χ4n) is 1.81. The van der Waals surface area contributed by atoms with Crippen LogP contribution in [0.5, 0.6) is 0 Å². The molecule has 8 nitrogen and oxygen atoms in total. The fraction of sp³-hybridized carbons (Fsp3) is 0.154. The van der Waals surface area contributed by atoms with Gasteiger partial charge in [-0.1, -0.05) is 0 Å². The van der Waals surface area contributed by atoms with Gasteiger partial charge in [-0.2, -0.15) is 0 Å². The summed E-state index contributed by atoms with van der Waals surface area (Å²) in [5.74, 6) is -1.41. The monoisotopic (exact) mass is 400 g/mol. The summed E-state index contributed by atoms with van der Waals surface area (Å²) in [6.45, 7) is -0.427. The molecule has 0 amide bonds. The highest BCUT2D eigenvalue weighted by atomic mass is 79.9. The number of hydrogen-bond acceptors (Lipinski definition) is 7. The zero-order valence-electron chi connectivity index (χ0n) is 11.6. The highest BCUT2D eigenvalue weighted by Gasteiger charge is 2.21. The van der Waals surface area contributed by atoms with E-state index in [4.69, 9.17) is 0 Å². The number of ketones is 1. The van der Waals surface area contributed by atoms with Crippen LogP contribution in [0.1, 0.15) is 20.0 Å². The van der Waals surface area contributed by atoms with E-state index in [-0.39, 0.29) is 0 Å². The number of ether oxygens (including phenoxy) is 1. The Kier molecular flexibility index (Phi) is 5.06. The lowest BCUT2D eigenvalue weighted by Gasteiger charge is -2.07. The highest BCUT2D eigenvalue weighted by Crippen LogP contribution is 2.23.